The van der Waals surface area contributed by atoms with E-state index >= 15 is 0 Å². The molecule has 1 aliphatic rings. The minimum absolute atomic E-state index is 0.0201. The molecule has 0 amide bonds. The highest BCUT2D eigenvalue weighted by Gasteiger charge is 2.36. The second kappa shape index (κ2) is 3.86. The molecule has 4 unspecified atom stereocenters. The van der Waals surface area contributed by atoms with Crippen LogP contribution in [0.3, 0.4) is 0 Å². The largest absolute Gasteiger partial charge is 0.170 e. The van der Waals surface area contributed by atoms with E-state index in [-0.39, 0.29) is 15.8 Å². The maximum atomic E-state index is 5.99. The minimum atomic E-state index is -1.26. The molecule has 0 nitrogen and oxygen atoms in total. The number of halogens is 4. The lowest BCUT2D eigenvalue weighted by atomic mass is 10.2. The summed E-state index contributed by atoms with van der Waals surface area (Å²) in [5.74, 6) is 0. The van der Waals surface area contributed by atoms with Crippen LogP contribution >= 0.6 is 45.9 Å². The maximum absolute atomic E-state index is 5.99. The summed E-state index contributed by atoms with van der Waals surface area (Å²) in [5, 5.41) is -0.141. The summed E-state index contributed by atoms with van der Waals surface area (Å²) in [7, 11) is -1.26. The van der Waals surface area contributed by atoms with Crippen LogP contribution in [0.2, 0.25) is 6.04 Å². The molecule has 1 heterocycles. The van der Waals surface area contributed by atoms with Crippen molar-refractivity contribution in [2.75, 3.05) is 0 Å². The number of alkyl halides is 3. The summed E-state index contributed by atoms with van der Waals surface area (Å²) in [5.41, 5.74) is 0. The molecule has 0 spiro atoms. The lowest BCUT2D eigenvalue weighted by Gasteiger charge is -2.29. The molecule has 0 saturated carbocycles. The van der Waals surface area contributed by atoms with E-state index in [2.05, 4.69) is 0 Å². The Morgan fingerprint density at radius 1 is 1.20 bits per heavy atom. The lowest BCUT2D eigenvalue weighted by molar-refractivity contribution is 0.731. The summed E-state index contributed by atoms with van der Waals surface area (Å²) in [4.78, 5) is 0. The fourth-order valence-electron chi connectivity index (χ4n) is 1.04. The second-order valence-corrected chi connectivity index (χ2v) is 8.50. The standard InChI is InChI=1S/C5H8Cl4Si/c6-3-1-2-10(9)5(8)4(3)7/h3-5,10H,1-2H2. The van der Waals surface area contributed by atoms with Gasteiger partial charge in [-0.1, -0.05) is 0 Å². The van der Waals surface area contributed by atoms with Crippen molar-refractivity contribution in [2.45, 2.75) is 28.2 Å². The van der Waals surface area contributed by atoms with E-state index in [0.717, 1.165) is 12.5 Å². The highest BCUT2D eigenvalue weighted by atomic mass is 35.6. The van der Waals surface area contributed by atoms with Gasteiger partial charge in [0.2, 0.25) is 0 Å². The van der Waals surface area contributed by atoms with E-state index in [1.165, 1.54) is 0 Å². The molecule has 10 heavy (non-hydrogen) atoms. The molecule has 5 heteroatoms. The maximum Gasteiger partial charge on any atom is 0.160 e. The second-order valence-electron chi connectivity index (χ2n) is 2.50. The van der Waals surface area contributed by atoms with Crippen LogP contribution in [0.15, 0.2) is 0 Å². The van der Waals surface area contributed by atoms with Gasteiger partial charge in [0, 0.05) is 0 Å². The van der Waals surface area contributed by atoms with Crippen molar-refractivity contribution in [3.05, 3.63) is 0 Å². The van der Waals surface area contributed by atoms with Gasteiger partial charge in [-0.25, -0.2) is 0 Å². The Kier molecular flexibility index (Phi) is 3.65. The fourth-order valence-corrected chi connectivity index (χ4v) is 5.69. The quantitative estimate of drug-likeness (QED) is 0.345. The van der Waals surface area contributed by atoms with E-state index in [1.807, 2.05) is 0 Å². The summed E-state index contributed by atoms with van der Waals surface area (Å²) < 4.78 is 0. The molecule has 0 aliphatic carbocycles. The summed E-state index contributed by atoms with van der Waals surface area (Å²) >= 11 is 23.7. The van der Waals surface area contributed by atoms with Gasteiger partial charge in [-0.3, -0.25) is 0 Å². The Morgan fingerprint density at radius 2 is 1.80 bits per heavy atom. The third kappa shape index (κ3) is 1.95. The molecule has 0 radical (unpaired) electrons. The van der Waals surface area contributed by atoms with Gasteiger partial charge in [0.05, 0.1) is 15.8 Å². The van der Waals surface area contributed by atoms with Gasteiger partial charge in [-0.2, -0.15) is 11.1 Å². The van der Waals surface area contributed by atoms with E-state index in [4.69, 9.17) is 45.9 Å². The molecule has 1 aliphatic heterocycles. The highest BCUT2D eigenvalue weighted by molar-refractivity contribution is 7.10. The Morgan fingerprint density at radius 3 is 2.30 bits per heavy atom. The van der Waals surface area contributed by atoms with Crippen molar-refractivity contribution >= 4 is 54.0 Å². The van der Waals surface area contributed by atoms with Crippen LogP contribution in [0, 0.1) is 0 Å². The van der Waals surface area contributed by atoms with E-state index in [9.17, 15) is 0 Å². The average Bonchev–Trinajstić information content (AvgIpc) is 1.93. The molecule has 0 aromatic carbocycles. The van der Waals surface area contributed by atoms with Gasteiger partial charge in [0.1, 0.15) is 0 Å². The molecule has 0 aromatic heterocycles. The summed E-state index contributed by atoms with van der Waals surface area (Å²) in [6.45, 7) is 0. The smallest absolute Gasteiger partial charge is 0.160 e. The molecule has 0 aromatic rings. The molecular weight excluding hydrogens is 230 g/mol. The van der Waals surface area contributed by atoms with E-state index in [1.54, 1.807) is 0 Å². The Hall–Kier alpha value is 1.38. The molecule has 1 rings (SSSR count). The van der Waals surface area contributed by atoms with Crippen LogP contribution in [0.4, 0.5) is 0 Å². The first kappa shape index (κ1) is 9.46. The predicted octanol–water partition coefficient (Wildman–Crippen LogP) is 2.71. The van der Waals surface area contributed by atoms with Crippen molar-refractivity contribution in [3.8, 4) is 0 Å². The minimum Gasteiger partial charge on any atom is -0.170 e. The molecule has 0 bridgehead atoms. The van der Waals surface area contributed by atoms with Crippen LogP contribution in [-0.2, 0) is 0 Å². The first-order chi connectivity index (χ1) is 4.63. The van der Waals surface area contributed by atoms with E-state index in [0.29, 0.717) is 0 Å². The van der Waals surface area contributed by atoms with Gasteiger partial charge in [-0.05, 0) is 12.5 Å². The zero-order chi connectivity index (χ0) is 7.72. The van der Waals surface area contributed by atoms with Crippen molar-refractivity contribution in [1.82, 2.24) is 0 Å². The number of hydrogen-bond donors (Lipinski definition) is 0. The van der Waals surface area contributed by atoms with Crippen molar-refractivity contribution in [1.29, 1.82) is 0 Å². The molecule has 0 N–H and O–H groups in total. The summed E-state index contributed by atoms with van der Waals surface area (Å²) in [6, 6.07) is 1.01. The van der Waals surface area contributed by atoms with Crippen LogP contribution in [0.25, 0.3) is 0 Å². The van der Waals surface area contributed by atoms with Crippen LogP contribution < -0.4 is 0 Å². The SMILES string of the molecule is ClC1CC[SiH](Cl)C(Cl)C1Cl. The van der Waals surface area contributed by atoms with Gasteiger partial charge < -0.3 is 0 Å². The van der Waals surface area contributed by atoms with Gasteiger partial charge in [0.25, 0.3) is 0 Å². The van der Waals surface area contributed by atoms with Crippen molar-refractivity contribution < 1.29 is 0 Å². The van der Waals surface area contributed by atoms with E-state index < -0.39 is 8.11 Å². The molecular formula is C5H8Cl4Si. The predicted molar refractivity (Wildman–Crippen MR) is 51.3 cm³/mol. The van der Waals surface area contributed by atoms with Gasteiger partial charge in [0.15, 0.2) is 8.11 Å². The number of hydrogen-bond acceptors (Lipinski definition) is 0. The fraction of sp³-hybridized carbons (Fsp3) is 1.00. The molecule has 1 saturated heterocycles. The zero-order valence-corrected chi connectivity index (χ0v) is 9.41. The number of rotatable bonds is 0. The Labute approximate surface area is 82.1 Å². The Bertz CT molecular complexity index is 106. The molecule has 4 atom stereocenters. The zero-order valence-electron chi connectivity index (χ0n) is 5.24. The van der Waals surface area contributed by atoms with Crippen LogP contribution in [-0.4, -0.2) is 23.9 Å². The first-order valence-corrected chi connectivity index (χ1v) is 7.73. The lowest BCUT2D eigenvalue weighted by Crippen LogP contribution is -2.40. The molecule has 1 fully saturated rings. The Balaban J connectivity index is 2.52. The molecule has 60 valence electrons. The highest BCUT2D eigenvalue weighted by Crippen LogP contribution is 2.32. The normalized spacial score (nSPS) is 49.2. The van der Waals surface area contributed by atoms with Gasteiger partial charge >= 0.3 is 0 Å². The van der Waals surface area contributed by atoms with Crippen molar-refractivity contribution in [3.63, 3.8) is 0 Å². The third-order valence-electron chi connectivity index (χ3n) is 1.71. The van der Waals surface area contributed by atoms with Crippen molar-refractivity contribution in [2.24, 2.45) is 0 Å². The van der Waals surface area contributed by atoms with Gasteiger partial charge in [-0.15, -0.1) is 34.8 Å². The van der Waals surface area contributed by atoms with Crippen LogP contribution in [0.1, 0.15) is 6.42 Å². The topological polar surface area (TPSA) is 0 Å². The first-order valence-electron chi connectivity index (χ1n) is 3.19. The third-order valence-corrected chi connectivity index (χ3v) is 8.31. The summed E-state index contributed by atoms with van der Waals surface area (Å²) in [6.07, 6.45) is 0.930. The average molecular weight is 238 g/mol. The monoisotopic (exact) mass is 236 g/mol. The van der Waals surface area contributed by atoms with Crippen LogP contribution in [0.5, 0.6) is 0 Å².